The van der Waals surface area contributed by atoms with Gasteiger partial charge < -0.3 is 10.1 Å². The Morgan fingerprint density at radius 2 is 2.25 bits per heavy atom. The number of nitrogens with zero attached hydrogens (tertiary/aromatic N) is 1. The quantitative estimate of drug-likeness (QED) is 0.561. The maximum Gasteiger partial charge on any atom is 0.339 e. The van der Waals surface area contributed by atoms with Gasteiger partial charge in [-0.25, -0.2) is 9.78 Å². The molecule has 1 aromatic heterocycles. The third-order valence-corrected chi connectivity index (χ3v) is 5.41. The van der Waals surface area contributed by atoms with Crippen LogP contribution in [0.2, 0.25) is 9.49 Å². The number of nitrogens with one attached hydrogen (secondary N) is 1. The number of aromatic nitrogens is 1. The van der Waals surface area contributed by atoms with Gasteiger partial charge >= 0.3 is 5.97 Å². The van der Waals surface area contributed by atoms with E-state index in [0.29, 0.717) is 21.6 Å². The average Bonchev–Trinajstić information content (AvgIpc) is 2.85. The van der Waals surface area contributed by atoms with Crippen molar-refractivity contribution < 1.29 is 9.53 Å². The van der Waals surface area contributed by atoms with Crippen LogP contribution in [0.4, 0.5) is 5.69 Å². The molecule has 0 amide bonds. The first-order valence-electron chi connectivity index (χ1n) is 5.43. The molecule has 0 saturated heterocycles. The summed E-state index contributed by atoms with van der Waals surface area (Å²) in [4.78, 5) is 16.5. The van der Waals surface area contributed by atoms with Crippen molar-refractivity contribution >= 4 is 68.8 Å². The zero-order valence-electron chi connectivity index (χ0n) is 10.2. The van der Waals surface area contributed by atoms with E-state index < -0.39 is 5.97 Å². The smallest absolute Gasteiger partial charge is 0.339 e. The van der Waals surface area contributed by atoms with Gasteiger partial charge in [0, 0.05) is 16.8 Å². The van der Waals surface area contributed by atoms with Gasteiger partial charge in [0.25, 0.3) is 0 Å². The highest BCUT2D eigenvalue weighted by Crippen LogP contribution is 2.31. The number of anilines is 1. The Labute approximate surface area is 143 Å². The van der Waals surface area contributed by atoms with Gasteiger partial charge in [0.1, 0.15) is 0 Å². The molecule has 0 radical (unpaired) electrons. The van der Waals surface area contributed by atoms with E-state index in [9.17, 15) is 4.79 Å². The Hall–Kier alpha value is -0.570. The molecule has 0 bridgehead atoms. The zero-order valence-corrected chi connectivity index (χ0v) is 14.7. The van der Waals surface area contributed by atoms with Crippen molar-refractivity contribution in [1.29, 1.82) is 0 Å². The van der Waals surface area contributed by atoms with Crippen molar-refractivity contribution in [2.75, 3.05) is 12.4 Å². The number of methoxy groups -OCH3 is 1. The minimum atomic E-state index is -0.450. The van der Waals surface area contributed by atoms with E-state index in [-0.39, 0.29) is 0 Å². The SMILES string of the molecule is COC(=O)c1ccc(NCc2cnc(Cl)s2)c(I)c1Cl. The summed E-state index contributed by atoms with van der Waals surface area (Å²) in [5, 5.41) is 3.61. The first kappa shape index (κ1) is 15.8. The molecule has 0 spiro atoms. The van der Waals surface area contributed by atoms with Crippen molar-refractivity contribution in [3.05, 3.63) is 41.8 Å². The average molecular weight is 443 g/mol. The fraction of sp³-hybridized carbons (Fsp3) is 0.167. The number of hydrogen-bond acceptors (Lipinski definition) is 5. The van der Waals surface area contributed by atoms with Crippen LogP contribution in [0.25, 0.3) is 0 Å². The molecule has 1 aromatic carbocycles. The van der Waals surface area contributed by atoms with Crippen LogP contribution >= 0.6 is 57.1 Å². The lowest BCUT2D eigenvalue weighted by atomic mass is 10.2. The minimum absolute atomic E-state index is 0.352. The minimum Gasteiger partial charge on any atom is -0.465 e. The maximum absolute atomic E-state index is 11.5. The van der Waals surface area contributed by atoms with Crippen LogP contribution in [0.1, 0.15) is 15.2 Å². The Kier molecular flexibility index (Phi) is 5.48. The van der Waals surface area contributed by atoms with E-state index in [0.717, 1.165) is 14.1 Å². The molecule has 2 rings (SSSR count). The predicted octanol–water partition coefficient (Wildman–Crippen LogP) is 4.45. The topological polar surface area (TPSA) is 51.2 Å². The molecule has 0 aliphatic heterocycles. The second-order valence-electron chi connectivity index (χ2n) is 3.71. The van der Waals surface area contributed by atoms with E-state index in [4.69, 9.17) is 23.2 Å². The van der Waals surface area contributed by atoms with Gasteiger partial charge in [-0.05, 0) is 34.7 Å². The van der Waals surface area contributed by atoms with Crippen molar-refractivity contribution in [3.63, 3.8) is 0 Å². The summed E-state index contributed by atoms with van der Waals surface area (Å²) < 4.78 is 5.95. The number of esters is 1. The highest BCUT2D eigenvalue weighted by Gasteiger charge is 2.15. The predicted molar refractivity (Wildman–Crippen MR) is 90.0 cm³/mol. The number of rotatable bonds is 4. The van der Waals surface area contributed by atoms with Crippen molar-refractivity contribution in [1.82, 2.24) is 4.98 Å². The van der Waals surface area contributed by atoms with Gasteiger partial charge in [-0.2, -0.15) is 0 Å². The van der Waals surface area contributed by atoms with E-state index in [1.54, 1.807) is 18.3 Å². The number of thiazole rings is 1. The molecular weight excluding hydrogens is 434 g/mol. The number of carbonyl (C=O) groups is 1. The molecule has 0 saturated carbocycles. The summed E-state index contributed by atoms with van der Waals surface area (Å²) in [7, 11) is 1.32. The summed E-state index contributed by atoms with van der Waals surface area (Å²) in [5.41, 5.74) is 1.19. The standard InChI is InChI=1S/C12H9Cl2IN2O2S/c1-19-11(18)7-2-3-8(10(15)9(7)13)16-4-6-5-17-12(14)20-6/h2-3,5,16H,4H2,1H3. The van der Waals surface area contributed by atoms with Gasteiger partial charge in [0.15, 0.2) is 4.47 Å². The fourth-order valence-electron chi connectivity index (χ4n) is 1.50. The summed E-state index contributed by atoms with van der Waals surface area (Å²) in [6.07, 6.45) is 1.72. The second kappa shape index (κ2) is 6.93. The van der Waals surface area contributed by atoms with Crippen molar-refractivity contribution in [2.24, 2.45) is 0 Å². The fourth-order valence-corrected chi connectivity index (χ4v) is 3.32. The third kappa shape index (κ3) is 3.55. The first-order valence-corrected chi connectivity index (χ1v) is 8.08. The van der Waals surface area contributed by atoms with Crippen LogP contribution < -0.4 is 5.32 Å². The van der Waals surface area contributed by atoms with Crippen LogP contribution in [-0.4, -0.2) is 18.1 Å². The molecule has 20 heavy (non-hydrogen) atoms. The summed E-state index contributed by atoms with van der Waals surface area (Å²) in [6.45, 7) is 0.592. The molecule has 0 unspecified atom stereocenters. The highest BCUT2D eigenvalue weighted by molar-refractivity contribution is 14.1. The van der Waals surface area contributed by atoms with Gasteiger partial charge in [0.05, 0.1) is 27.8 Å². The third-order valence-electron chi connectivity index (χ3n) is 2.47. The van der Waals surface area contributed by atoms with Crippen LogP contribution in [0.5, 0.6) is 0 Å². The number of benzene rings is 1. The molecule has 1 N–H and O–H groups in total. The summed E-state index contributed by atoms with van der Waals surface area (Å²) in [5.74, 6) is -0.450. The lowest BCUT2D eigenvalue weighted by Gasteiger charge is -2.11. The molecule has 4 nitrogen and oxygen atoms in total. The molecule has 0 aliphatic rings. The molecular formula is C12H9Cl2IN2O2S. The zero-order chi connectivity index (χ0) is 14.7. The van der Waals surface area contributed by atoms with Gasteiger partial charge in [-0.1, -0.05) is 23.2 Å². The van der Waals surface area contributed by atoms with Crippen LogP contribution in [0.15, 0.2) is 18.3 Å². The van der Waals surface area contributed by atoms with Gasteiger partial charge in [0.2, 0.25) is 0 Å². The molecule has 106 valence electrons. The molecule has 8 heteroatoms. The normalized spacial score (nSPS) is 10.4. The number of hydrogen-bond donors (Lipinski definition) is 1. The maximum atomic E-state index is 11.5. The summed E-state index contributed by atoms with van der Waals surface area (Å²) in [6, 6.07) is 3.43. The lowest BCUT2D eigenvalue weighted by molar-refractivity contribution is 0.0601. The lowest BCUT2D eigenvalue weighted by Crippen LogP contribution is -2.06. The molecule has 0 aliphatic carbocycles. The Morgan fingerprint density at radius 3 is 2.85 bits per heavy atom. The monoisotopic (exact) mass is 442 g/mol. The van der Waals surface area contributed by atoms with Crippen LogP contribution in [-0.2, 0) is 11.3 Å². The number of ether oxygens (including phenoxy) is 1. The van der Waals surface area contributed by atoms with Crippen LogP contribution in [0.3, 0.4) is 0 Å². The molecule has 2 aromatic rings. The second-order valence-corrected chi connectivity index (χ2v) is 6.87. The van der Waals surface area contributed by atoms with E-state index in [2.05, 4.69) is 37.6 Å². The first-order chi connectivity index (χ1) is 9.52. The highest BCUT2D eigenvalue weighted by atomic mass is 127. The number of halogens is 3. The van der Waals surface area contributed by atoms with Gasteiger partial charge in [-0.15, -0.1) is 11.3 Å². The Bertz CT molecular complexity index is 648. The Balaban J connectivity index is 2.17. The van der Waals surface area contributed by atoms with Crippen molar-refractivity contribution in [2.45, 2.75) is 6.54 Å². The molecule has 0 atom stereocenters. The van der Waals surface area contributed by atoms with E-state index in [1.807, 2.05) is 0 Å². The largest absolute Gasteiger partial charge is 0.465 e. The van der Waals surface area contributed by atoms with Crippen molar-refractivity contribution in [3.8, 4) is 0 Å². The summed E-state index contributed by atoms with van der Waals surface area (Å²) >= 11 is 15.5. The number of carbonyl (C=O) groups excluding carboxylic acids is 1. The van der Waals surface area contributed by atoms with E-state index in [1.165, 1.54) is 18.4 Å². The molecule has 0 fully saturated rings. The van der Waals surface area contributed by atoms with E-state index >= 15 is 0 Å². The van der Waals surface area contributed by atoms with Crippen LogP contribution in [0, 0.1) is 3.57 Å². The molecule has 1 heterocycles. The Morgan fingerprint density at radius 1 is 1.50 bits per heavy atom. The van der Waals surface area contributed by atoms with Gasteiger partial charge in [-0.3, -0.25) is 0 Å².